The number of fused-ring (bicyclic) bond motifs is 5. The van der Waals surface area contributed by atoms with Crippen molar-refractivity contribution in [3.05, 3.63) is 12.7 Å². The molecule has 0 aromatic carbocycles. The molecule has 0 aromatic rings. The molecular weight excluding hydrogens is 516 g/mol. The van der Waals surface area contributed by atoms with Gasteiger partial charge in [0.1, 0.15) is 12.1 Å². The summed E-state index contributed by atoms with van der Waals surface area (Å²) in [6.07, 6.45) is 12.7. The van der Waals surface area contributed by atoms with Crippen LogP contribution in [-0.4, -0.2) is 91.6 Å². The van der Waals surface area contributed by atoms with Crippen molar-refractivity contribution in [3.63, 3.8) is 0 Å². The Hall–Kier alpha value is -1.44. The first-order valence-corrected chi connectivity index (χ1v) is 16.7. The summed E-state index contributed by atoms with van der Waals surface area (Å²) in [6, 6.07) is 0.645. The van der Waals surface area contributed by atoms with E-state index >= 15 is 0 Å². The van der Waals surface area contributed by atoms with Crippen molar-refractivity contribution in [1.29, 1.82) is 0 Å². The standard InChI is InChI=1S/C34H55N2O5/c1-6-15-36(16-7-8-17-36)30-21-28-26-10-9-25-20-31(40-23(2)37)29(35-13-18-39-19-14-35)22-34(25,5)27(26)11-12-33(28,4)32(30)41-24(3)38/h6,25-32H,1,7-22H2,2-5H3/q+1/t25?,26?,27?,28?,29-,30+,31-,32-,33-,34-/m0/s1. The van der Waals surface area contributed by atoms with Crippen LogP contribution in [-0.2, 0) is 23.8 Å². The Morgan fingerprint density at radius 2 is 1.68 bits per heavy atom. The van der Waals surface area contributed by atoms with E-state index in [0.717, 1.165) is 56.6 Å². The van der Waals surface area contributed by atoms with Crippen LogP contribution < -0.4 is 0 Å². The van der Waals surface area contributed by atoms with Gasteiger partial charge in [0.2, 0.25) is 0 Å². The average molecular weight is 572 g/mol. The summed E-state index contributed by atoms with van der Waals surface area (Å²) in [5.41, 5.74) is 0.272. The van der Waals surface area contributed by atoms with Gasteiger partial charge in [0.15, 0.2) is 6.10 Å². The Morgan fingerprint density at radius 1 is 0.976 bits per heavy atom. The largest absolute Gasteiger partial charge is 0.461 e. The van der Waals surface area contributed by atoms with Crippen LogP contribution in [0.2, 0.25) is 0 Å². The molecule has 0 spiro atoms. The van der Waals surface area contributed by atoms with Crippen LogP contribution in [0.5, 0.6) is 0 Å². The van der Waals surface area contributed by atoms with Gasteiger partial charge in [0.25, 0.3) is 0 Å². The molecule has 0 amide bonds. The third kappa shape index (κ3) is 5.00. The molecule has 0 radical (unpaired) electrons. The van der Waals surface area contributed by atoms with Gasteiger partial charge in [-0.3, -0.25) is 14.5 Å². The highest BCUT2D eigenvalue weighted by atomic mass is 16.5. The number of carbonyl (C=O) groups excluding carboxylic acids is 2. The second kappa shape index (κ2) is 11.2. The lowest BCUT2D eigenvalue weighted by Gasteiger charge is -2.62. The average Bonchev–Trinajstić information content (AvgIpc) is 3.52. The summed E-state index contributed by atoms with van der Waals surface area (Å²) >= 11 is 0. The summed E-state index contributed by atoms with van der Waals surface area (Å²) in [6.45, 7) is 19.1. The first-order chi connectivity index (χ1) is 19.6. The summed E-state index contributed by atoms with van der Waals surface area (Å²) in [7, 11) is 0. The highest BCUT2D eigenvalue weighted by Gasteiger charge is 2.67. The summed E-state index contributed by atoms with van der Waals surface area (Å²) in [5, 5.41) is 0. The molecule has 7 heteroatoms. The fourth-order valence-corrected chi connectivity index (χ4v) is 11.6. The molecule has 7 nitrogen and oxygen atoms in total. The van der Waals surface area contributed by atoms with E-state index in [9.17, 15) is 9.59 Å². The van der Waals surface area contributed by atoms with Gasteiger partial charge in [-0.2, -0.15) is 0 Å². The van der Waals surface area contributed by atoms with E-state index in [-0.39, 0.29) is 41.0 Å². The van der Waals surface area contributed by atoms with E-state index in [2.05, 4.69) is 31.4 Å². The van der Waals surface area contributed by atoms with Crippen LogP contribution in [0, 0.1) is 34.5 Å². The van der Waals surface area contributed by atoms with Gasteiger partial charge in [-0.15, -0.1) is 0 Å². The van der Waals surface area contributed by atoms with E-state index in [1.807, 2.05) is 0 Å². The van der Waals surface area contributed by atoms with Gasteiger partial charge in [-0.25, -0.2) is 0 Å². The molecule has 4 aliphatic carbocycles. The lowest BCUT2D eigenvalue weighted by Crippen LogP contribution is -2.62. The van der Waals surface area contributed by atoms with Gasteiger partial charge in [-0.05, 0) is 73.7 Å². The maximum absolute atomic E-state index is 12.6. The van der Waals surface area contributed by atoms with Crippen LogP contribution >= 0.6 is 0 Å². The maximum atomic E-state index is 12.6. The highest BCUT2D eigenvalue weighted by Crippen LogP contribution is 2.67. The summed E-state index contributed by atoms with van der Waals surface area (Å²) in [5.74, 6) is 2.25. The number of quaternary nitrogens is 1. The van der Waals surface area contributed by atoms with Crippen LogP contribution in [0.15, 0.2) is 12.7 Å². The third-order valence-electron chi connectivity index (χ3n) is 13.4. The number of hydrogen-bond acceptors (Lipinski definition) is 6. The molecule has 4 unspecified atom stereocenters. The Bertz CT molecular complexity index is 1010. The summed E-state index contributed by atoms with van der Waals surface area (Å²) < 4.78 is 19.2. The zero-order valence-corrected chi connectivity index (χ0v) is 26.2. The fraction of sp³-hybridized carbons (Fsp3) is 0.882. The second-order valence-corrected chi connectivity index (χ2v) is 15.2. The molecule has 2 saturated heterocycles. The first-order valence-electron chi connectivity index (χ1n) is 16.7. The predicted octanol–water partition coefficient (Wildman–Crippen LogP) is 4.98. The monoisotopic (exact) mass is 571 g/mol. The minimum atomic E-state index is -0.147. The third-order valence-corrected chi connectivity index (χ3v) is 13.4. The van der Waals surface area contributed by atoms with Crippen LogP contribution in [0.1, 0.15) is 85.5 Å². The van der Waals surface area contributed by atoms with E-state index in [4.69, 9.17) is 14.2 Å². The zero-order chi connectivity index (χ0) is 29.0. The molecule has 6 aliphatic rings. The van der Waals surface area contributed by atoms with Gasteiger partial charge in [-0.1, -0.05) is 20.4 Å². The van der Waals surface area contributed by atoms with Crippen molar-refractivity contribution < 1.29 is 28.3 Å². The van der Waals surface area contributed by atoms with Crippen molar-refractivity contribution in [2.75, 3.05) is 45.9 Å². The van der Waals surface area contributed by atoms with Crippen LogP contribution in [0.25, 0.3) is 0 Å². The van der Waals surface area contributed by atoms with Gasteiger partial charge in [0.05, 0.1) is 32.8 Å². The van der Waals surface area contributed by atoms with Crippen molar-refractivity contribution in [3.8, 4) is 0 Å². The first kappa shape index (κ1) is 29.6. The molecule has 10 atom stereocenters. The summed E-state index contributed by atoms with van der Waals surface area (Å²) in [4.78, 5) is 27.3. The number of carbonyl (C=O) groups is 2. The van der Waals surface area contributed by atoms with Gasteiger partial charge >= 0.3 is 11.9 Å². The van der Waals surface area contributed by atoms with Gasteiger partial charge < -0.3 is 18.7 Å². The van der Waals surface area contributed by atoms with Crippen LogP contribution in [0.3, 0.4) is 0 Å². The number of esters is 2. The number of rotatable bonds is 6. The number of ether oxygens (including phenoxy) is 3. The quantitative estimate of drug-likeness (QED) is 0.255. The lowest BCUT2D eigenvalue weighted by molar-refractivity contribution is -0.937. The molecule has 0 N–H and O–H groups in total. The lowest BCUT2D eigenvalue weighted by atomic mass is 9.44. The zero-order valence-electron chi connectivity index (χ0n) is 26.2. The van der Waals surface area contributed by atoms with Crippen molar-refractivity contribution in [2.45, 2.75) is 110 Å². The Balaban J connectivity index is 1.30. The van der Waals surface area contributed by atoms with Crippen molar-refractivity contribution in [2.24, 2.45) is 34.5 Å². The highest BCUT2D eigenvalue weighted by molar-refractivity contribution is 5.66. The van der Waals surface area contributed by atoms with E-state index in [1.165, 1.54) is 51.6 Å². The van der Waals surface area contributed by atoms with Gasteiger partial charge in [0, 0.05) is 57.7 Å². The Morgan fingerprint density at radius 3 is 2.34 bits per heavy atom. The predicted molar refractivity (Wildman–Crippen MR) is 158 cm³/mol. The Kier molecular flexibility index (Phi) is 8.12. The minimum Gasteiger partial charge on any atom is -0.461 e. The minimum absolute atomic E-state index is 0.00432. The van der Waals surface area contributed by atoms with E-state index in [1.54, 1.807) is 13.8 Å². The molecule has 6 rings (SSSR count). The number of hydrogen-bond donors (Lipinski definition) is 0. The molecule has 2 aliphatic heterocycles. The smallest absolute Gasteiger partial charge is 0.303 e. The number of nitrogens with zero attached hydrogens (tertiary/aromatic N) is 2. The SMILES string of the molecule is C=CC[N+]1([C@@H]2CC3C4CCC5C[C@H](OC(C)=O)[C@@H](N6CCOCC6)C[C@]5(C)C4CC[C@]3(C)[C@H]2OC(C)=O)CCCC1. The molecule has 41 heavy (non-hydrogen) atoms. The van der Waals surface area contributed by atoms with E-state index < -0.39 is 0 Å². The topological polar surface area (TPSA) is 65.1 Å². The van der Waals surface area contributed by atoms with Crippen molar-refractivity contribution >= 4 is 11.9 Å². The molecule has 2 heterocycles. The number of morpholine rings is 1. The molecule has 6 fully saturated rings. The maximum Gasteiger partial charge on any atom is 0.303 e. The molecule has 0 aromatic heterocycles. The normalized spacial score (nSPS) is 45.7. The van der Waals surface area contributed by atoms with Crippen molar-refractivity contribution in [1.82, 2.24) is 4.90 Å². The number of likely N-dealkylation sites (tertiary alicyclic amines) is 1. The van der Waals surface area contributed by atoms with E-state index in [0.29, 0.717) is 29.7 Å². The molecule has 4 saturated carbocycles. The second-order valence-electron chi connectivity index (χ2n) is 15.2. The molecule has 0 bridgehead atoms. The Labute approximate surface area is 247 Å². The molecular formula is C34H55N2O5+. The molecule has 230 valence electrons. The fourth-order valence-electron chi connectivity index (χ4n) is 11.6. The van der Waals surface area contributed by atoms with Crippen LogP contribution in [0.4, 0.5) is 0 Å².